The van der Waals surface area contributed by atoms with E-state index in [9.17, 15) is 21.4 Å². The number of hydrogen-bond acceptors (Lipinski definition) is 14. The fraction of sp³-hybridized carbons (Fsp3) is 0.357. The Balaban J connectivity index is 1.87. The predicted octanol–water partition coefficient (Wildman–Crippen LogP) is -0.0460. The largest absolute Gasteiger partial charge is 0.368 e. The maximum Gasteiger partial charge on any atom is 0.294 e. The van der Waals surface area contributed by atoms with Crippen molar-refractivity contribution in [3.8, 4) is 0 Å². The van der Waals surface area contributed by atoms with Crippen LogP contribution in [0.2, 0.25) is 0 Å². The smallest absolute Gasteiger partial charge is 0.294 e. The van der Waals surface area contributed by atoms with Gasteiger partial charge in [0.05, 0.1) is 33.8 Å². The fourth-order valence-electron chi connectivity index (χ4n) is 2.81. The summed E-state index contributed by atoms with van der Waals surface area (Å²) in [6.07, 6.45) is 1.13. The number of rotatable bonds is 8. The summed E-state index contributed by atoms with van der Waals surface area (Å²) in [6.45, 7) is 1.11. The summed E-state index contributed by atoms with van der Waals surface area (Å²) >= 11 is 0.538. The number of sulfonamides is 1. The fourth-order valence-corrected chi connectivity index (χ4v) is 4.57. The first-order valence-corrected chi connectivity index (χ1v) is 12.8. The second kappa shape index (κ2) is 9.67. The molecule has 2 aromatic rings. The highest BCUT2D eigenvalue weighted by molar-refractivity contribution is 7.94. The maximum absolute atomic E-state index is 11.7. The molecule has 0 atom stereocenters. The molecule has 0 saturated carbocycles. The van der Waals surface area contributed by atoms with Crippen molar-refractivity contribution in [2.24, 2.45) is 0 Å². The first kappa shape index (κ1) is 24.3. The van der Waals surface area contributed by atoms with Crippen LogP contribution in [0.25, 0.3) is 0 Å². The summed E-state index contributed by atoms with van der Waals surface area (Å²) in [6, 6.07) is 3.48. The van der Waals surface area contributed by atoms with E-state index in [-0.39, 0.29) is 41.5 Å². The van der Waals surface area contributed by atoms with Crippen molar-refractivity contribution < 1.29 is 36.0 Å². The number of aromatic nitrogens is 3. The molecule has 0 spiro atoms. The molecule has 0 unspecified atom stereocenters. The lowest BCUT2D eigenvalue weighted by Crippen LogP contribution is -2.49. The number of hydrogen-bond donors (Lipinski definition) is 4. The van der Waals surface area contributed by atoms with E-state index >= 15 is 0 Å². The van der Waals surface area contributed by atoms with Crippen LogP contribution in [0.1, 0.15) is 0 Å². The minimum absolute atomic E-state index is 0.0581. The van der Waals surface area contributed by atoms with Gasteiger partial charge in [-0.3, -0.25) is 4.55 Å². The normalized spacial score (nSPS) is 15.7. The van der Waals surface area contributed by atoms with Gasteiger partial charge in [0.25, 0.3) is 10.1 Å². The second-order valence-electron chi connectivity index (χ2n) is 6.45. The highest BCUT2D eigenvalue weighted by Gasteiger charge is 2.25. The zero-order chi connectivity index (χ0) is 23.5. The number of anilines is 4. The molecule has 32 heavy (non-hydrogen) atoms. The predicted molar refractivity (Wildman–Crippen MR) is 113 cm³/mol. The van der Waals surface area contributed by atoms with Gasteiger partial charge in [-0.1, -0.05) is 5.04 Å². The molecule has 1 aliphatic heterocycles. The van der Waals surface area contributed by atoms with Gasteiger partial charge in [0, 0.05) is 26.2 Å². The minimum Gasteiger partial charge on any atom is -0.368 e. The van der Waals surface area contributed by atoms with Crippen LogP contribution >= 0.6 is 12.0 Å². The number of nitrogens with two attached hydrogens (primary N) is 1. The topological polar surface area (TPSA) is 210 Å². The zero-order valence-corrected chi connectivity index (χ0v) is 18.9. The molecule has 0 radical (unpaired) electrons. The molecule has 1 saturated heterocycles. The monoisotopic (exact) mass is 509 g/mol. The van der Waals surface area contributed by atoms with Gasteiger partial charge in [0.1, 0.15) is 0 Å². The molecule has 176 valence electrons. The average Bonchev–Trinajstić information content (AvgIpc) is 2.71. The van der Waals surface area contributed by atoms with Gasteiger partial charge in [0.15, 0.2) is 0 Å². The highest BCUT2D eigenvalue weighted by Crippen LogP contribution is 2.32. The molecule has 0 aliphatic carbocycles. The molecule has 1 aliphatic rings. The van der Waals surface area contributed by atoms with E-state index in [0.29, 0.717) is 25.1 Å². The Morgan fingerprint density at radius 3 is 2.41 bits per heavy atom. The molecular weight excluding hydrogens is 490 g/mol. The van der Waals surface area contributed by atoms with E-state index < -0.39 is 25.0 Å². The molecule has 0 bridgehead atoms. The van der Waals surface area contributed by atoms with E-state index in [1.807, 2.05) is 0 Å². The summed E-state index contributed by atoms with van der Waals surface area (Å²) in [5.74, 6) is -0.0151. The van der Waals surface area contributed by atoms with Crippen molar-refractivity contribution in [3.63, 3.8) is 0 Å². The Morgan fingerprint density at radius 2 is 1.81 bits per heavy atom. The van der Waals surface area contributed by atoms with E-state index in [2.05, 4.69) is 29.6 Å². The Kier molecular flexibility index (Phi) is 7.35. The number of nitrogen functional groups attached to an aromatic ring is 1. The lowest BCUT2D eigenvalue weighted by molar-refractivity contribution is -0.432. The molecule has 5 N–H and O–H groups in total. The lowest BCUT2D eigenvalue weighted by atomic mass is 10.3. The van der Waals surface area contributed by atoms with Crippen LogP contribution in [0.15, 0.2) is 28.0 Å². The summed E-state index contributed by atoms with van der Waals surface area (Å²) in [7, 11) is -7.83. The first-order valence-electron chi connectivity index (χ1n) is 8.72. The molecule has 15 nitrogen and oxygen atoms in total. The van der Waals surface area contributed by atoms with Crippen LogP contribution in [0, 0.1) is 0 Å². The average molecular weight is 510 g/mol. The summed E-state index contributed by atoms with van der Waals surface area (Å²) in [5, 5.41) is 14.7. The third-order valence-corrected chi connectivity index (χ3v) is 7.10. The molecule has 3 rings (SSSR count). The molecule has 18 heteroatoms. The maximum atomic E-state index is 11.7. The Morgan fingerprint density at radius 1 is 1.12 bits per heavy atom. The van der Waals surface area contributed by atoms with E-state index in [1.54, 1.807) is 4.90 Å². The minimum atomic E-state index is -4.52. The van der Waals surface area contributed by atoms with Crippen LogP contribution in [-0.2, 0) is 29.5 Å². The van der Waals surface area contributed by atoms with Gasteiger partial charge >= 0.3 is 0 Å². The van der Waals surface area contributed by atoms with Crippen LogP contribution in [0.5, 0.6) is 0 Å². The highest BCUT2D eigenvalue weighted by atomic mass is 32.2. The zero-order valence-electron chi connectivity index (χ0n) is 16.4. The molecular formula is C14H19N7O8S3. The van der Waals surface area contributed by atoms with Crippen molar-refractivity contribution in [3.05, 3.63) is 18.2 Å². The standard InChI is InChI=1S/C14H19N7O8S3/c1-31(23,24)21-6-4-20(5-7-21)14-18-12(15)17-13(19-14)16-10-8-9(32(25,26)27)2-3-11(10)30-29-28-22/h2-3,8,22H,4-7H2,1H3,(H,25,26,27)(H3,15,16,17,18,19). The van der Waals surface area contributed by atoms with Crippen molar-refractivity contribution in [2.75, 3.05) is 48.4 Å². The Hall–Kier alpha value is -2.32. The number of benzene rings is 1. The van der Waals surface area contributed by atoms with Crippen molar-refractivity contribution in [1.29, 1.82) is 0 Å². The quantitative estimate of drug-likeness (QED) is 0.159. The van der Waals surface area contributed by atoms with Gasteiger partial charge in [-0.2, -0.15) is 27.7 Å². The molecule has 0 amide bonds. The SMILES string of the molecule is CS(=O)(=O)N1CCN(c2nc(N)nc(Nc3cc(S(=O)(=O)O)ccc3SOOO)n2)CC1. The summed E-state index contributed by atoms with van der Waals surface area (Å²) in [5.41, 5.74) is 5.86. The second-order valence-corrected chi connectivity index (χ2v) is 10.6. The van der Waals surface area contributed by atoms with Gasteiger partial charge in [-0.15, -0.1) is 4.33 Å². The summed E-state index contributed by atoms with van der Waals surface area (Å²) in [4.78, 5) is 13.8. The van der Waals surface area contributed by atoms with E-state index in [0.717, 1.165) is 18.4 Å². The van der Waals surface area contributed by atoms with E-state index in [4.69, 9.17) is 11.0 Å². The first-order chi connectivity index (χ1) is 15.0. The van der Waals surface area contributed by atoms with E-state index in [1.165, 1.54) is 10.4 Å². The third kappa shape index (κ3) is 6.13. The van der Waals surface area contributed by atoms with Crippen LogP contribution < -0.4 is 16.0 Å². The molecule has 2 heterocycles. The van der Waals surface area contributed by atoms with Gasteiger partial charge < -0.3 is 16.0 Å². The van der Waals surface area contributed by atoms with Crippen LogP contribution in [0.4, 0.5) is 23.5 Å². The van der Waals surface area contributed by atoms with Gasteiger partial charge in [0.2, 0.25) is 27.9 Å². The van der Waals surface area contributed by atoms with Crippen LogP contribution in [-0.4, -0.2) is 78.3 Å². The number of nitrogens with zero attached hydrogens (tertiary/aromatic N) is 5. The van der Waals surface area contributed by atoms with Crippen LogP contribution in [0.3, 0.4) is 0 Å². The van der Waals surface area contributed by atoms with Gasteiger partial charge in [-0.05, 0) is 18.2 Å². The number of nitrogens with one attached hydrogen (secondary N) is 1. The summed E-state index contributed by atoms with van der Waals surface area (Å²) < 4.78 is 61.4. The van der Waals surface area contributed by atoms with Crippen molar-refractivity contribution in [1.82, 2.24) is 19.3 Å². The van der Waals surface area contributed by atoms with Crippen molar-refractivity contribution in [2.45, 2.75) is 9.79 Å². The molecule has 1 fully saturated rings. The lowest BCUT2D eigenvalue weighted by Gasteiger charge is -2.33. The Bertz CT molecular complexity index is 1190. The molecule has 1 aromatic carbocycles. The molecule has 1 aromatic heterocycles. The number of piperazine rings is 1. The van der Waals surface area contributed by atoms with Crippen molar-refractivity contribution >= 4 is 55.7 Å². The third-order valence-electron chi connectivity index (χ3n) is 4.28. The Labute approximate surface area is 187 Å². The van der Waals surface area contributed by atoms with Gasteiger partial charge in [-0.25, -0.2) is 13.7 Å².